The number of nitrogens with zero attached hydrogens (tertiary/aromatic N) is 2. The van der Waals surface area contributed by atoms with Crippen molar-refractivity contribution in [1.82, 2.24) is 4.90 Å². The number of carbonyl (C=O) groups excluding carboxylic acids is 2. The van der Waals surface area contributed by atoms with Crippen molar-refractivity contribution in [3.8, 4) is 0 Å². The van der Waals surface area contributed by atoms with E-state index < -0.39 is 5.25 Å². The van der Waals surface area contributed by atoms with Gasteiger partial charge in [-0.15, -0.1) is 0 Å². The first kappa shape index (κ1) is 18.2. The van der Waals surface area contributed by atoms with Gasteiger partial charge in [-0.2, -0.15) is 0 Å². The quantitative estimate of drug-likeness (QED) is 0.892. The molecule has 1 atom stereocenters. The van der Waals surface area contributed by atoms with Crippen LogP contribution in [0.3, 0.4) is 0 Å². The molecular weight excluding hydrogens is 346 g/mol. The summed E-state index contributed by atoms with van der Waals surface area (Å²) in [6.45, 7) is 3.92. The average molecular weight is 367 g/mol. The number of hydrogen-bond acceptors (Lipinski definition) is 4. The minimum absolute atomic E-state index is 0.0951. The second-order valence-electron chi connectivity index (χ2n) is 6.25. The summed E-state index contributed by atoms with van der Waals surface area (Å²) >= 11 is 1.34. The summed E-state index contributed by atoms with van der Waals surface area (Å²) in [4.78, 5) is 31.0. The highest BCUT2D eigenvalue weighted by atomic mass is 32.2. The molecule has 0 unspecified atom stereocenters. The predicted molar refractivity (Wildman–Crippen MR) is 107 cm³/mol. The summed E-state index contributed by atoms with van der Waals surface area (Å²) in [5.74, 6) is -0.266. The standard InChI is InChI=1S/C20H21N3O2S/c1-13-8-4-6-10-15(13)21-18(24)12-17-19(25)23(3)20(26-17)22-16-11-7-5-9-14(16)2/h4-11,17H,12H2,1-3H3,(H,21,24)/t17-/m0/s1. The summed E-state index contributed by atoms with van der Waals surface area (Å²) in [5, 5.41) is 3.05. The van der Waals surface area contributed by atoms with Gasteiger partial charge in [-0.3, -0.25) is 14.5 Å². The van der Waals surface area contributed by atoms with Crippen LogP contribution in [0.1, 0.15) is 17.5 Å². The predicted octanol–water partition coefficient (Wildman–Crippen LogP) is 3.89. The molecule has 0 radical (unpaired) electrons. The topological polar surface area (TPSA) is 61.8 Å². The molecule has 1 fully saturated rings. The van der Waals surface area contributed by atoms with Crippen LogP contribution < -0.4 is 5.32 Å². The Bertz CT molecular complexity index is 879. The maximum absolute atomic E-state index is 12.5. The van der Waals surface area contributed by atoms with Gasteiger partial charge in [0.1, 0.15) is 5.25 Å². The highest BCUT2D eigenvalue weighted by Gasteiger charge is 2.37. The van der Waals surface area contributed by atoms with E-state index in [0.29, 0.717) is 5.17 Å². The van der Waals surface area contributed by atoms with Crippen LogP contribution in [0.2, 0.25) is 0 Å². The summed E-state index contributed by atoms with van der Waals surface area (Å²) < 4.78 is 0. The van der Waals surface area contributed by atoms with Crippen molar-refractivity contribution in [1.29, 1.82) is 0 Å². The molecule has 0 aliphatic carbocycles. The van der Waals surface area contributed by atoms with Crippen molar-refractivity contribution < 1.29 is 9.59 Å². The molecule has 2 aromatic rings. The lowest BCUT2D eigenvalue weighted by atomic mass is 10.2. The van der Waals surface area contributed by atoms with Crippen LogP contribution in [0.15, 0.2) is 53.5 Å². The van der Waals surface area contributed by atoms with Gasteiger partial charge in [-0.1, -0.05) is 48.2 Å². The van der Waals surface area contributed by atoms with Crippen molar-refractivity contribution >= 4 is 40.1 Å². The lowest BCUT2D eigenvalue weighted by Crippen LogP contribution is -2.30. The second kappa shape index (κ2) is 7.74. The maximum Gasteiger partial charge on any atom is 0.242 e. The fourth-order valence-electron chi connectivity index (χ4n) is 2.67. The fourth-order valence-corrected chi connectivity index (χ4v) is 3.82. The van der Waals surface area contributed by atoms with Crippen LogP contribution in [0.25, 0.3) is 0 Å². The number of amides is 2. The van der Waals surface area contributed by atoms with E-state index in [-0.39, 0.29) is 18.2 Å². The number of carbonyl (C=O) groups is 2. The third-order valence-electron chi connectivity index (χ3n) is 4.26. The molecular formula is C20H21N3O2S. The van der Waals surface area contributed by atoms with Gasteiger partial charge in [0.15, 0.2) is 5.17 Å². The highest BCUT2D eigenvalue weighted by Crippen LogP contribution is 2.31. The highest BCUT2D eigenvalue weighted by molar-refractivity contribution is 8.15. The Morgan fingerprint density at radius 2 is 1.77 bits per heavy atom. The van der Waals surface area contributed by atoms with E-state index >= 15 is 0 Å². The molecule has 3 rings (SSSR count). The van der Waals surface area contributed by atoms with Gasteiger partial charge in [0.05, 0.1) is 5.69 Å². The number of thioether (sulfide) groups is 1. The van der Waals surface area contributed by atoms with E-state index in [9.17, 15) is 9.59 Å². The zero-order chi connectivity index (χ0) is 18.7. The van der Waals surface area contributed by atoms with E-state index in [2.05, 4.69) is 10.3 Å². The minimum atomic E-state index is -0.452. The fraction of sp³-hybridized carbons (Fsp3) is 0.250. The normalized spacial score (nSPS) is 18.4. The summed E-state index contributed by atoms with van der Waals surface area (Å²) in [7, 11) is 1.70. The Labute approximate surface area is 157 Å². The first-order valence-corrected chi connectivity index (χ1v) is 9.27. The van der Waals surface area contributed by atoms with Crippen LogP contribution in [-0.2, 0) is 9.59 Å². The van der Waals surface area contributed by atoms with E-state index in [0.717, 1.165) is 22.5 Å². The molecule has 2 aromatic carbocycles. The van der Waals surface area contributed by atoms with Crippen molar-refractivity contribution in [3.63, 3.8) is 0 Å². The summed E-state index contributed by atoms with van der Waals surface area (Å²) in [6.07, 6.45) is 0.120. The number of benzene rings is 2. The second-order valence-corrected chi connectivity index (χ2v) is 7.42. The third-order valence-corrected chi connectivity index (χ3v) is 5.49. The summed E-state index contributed by atoms with van der Waals surface area (Å²) in [6, 6.07) is 15.4. The Kier molecular flexibility index (Phi) is 5.42. The Morgan fingerprint density at radius 1 is 1.12 bits per heavy atom. The molecule has 1 aliphatic rings. The van der Waals surface area contributed by atoms with Crippen LogP contribution in [0.5, 0.6) is 0 Å². The van der Waals surface area contributed by atoms with Crippen molar-refractivity contribution in [2.45, 2.75) is 25.5 Å². The molecule has 2 amide bonds. The Hall–Kier alpha value is -2.60. The molecule has 1 heterocycles. The number of aliphatic imine (C=N–C) groups is 1. The van der Waals surface area contributed by atoms with Crippen LogP contribution >= 0.6 is 11.8 Å². The van der Waals surface area contributed by atoms with Crippen molar-refractivity contribution in [2.75, 3.05) is 12.4 Å². The van der Waals surface area contributed by atoms with Gasteiger partial charge in [0.2, 0.25) is 11.8 Å². The first-order chi connectivity index (χ1) is 12.5. The minimum Gasteiger partial charge on any atom is -0.326 e. The largest absolute Gasteiger partial charge is 0.326 e. The van der Waals surface area contributed by atoms with E-state index in [1.807, 2.05) is 62.4 Å². The number of nitrogens with one attached hydrogen (secondary N) is 1. The number of para-hydroxylation sites is 2. The van der Waals surface area contributed by atoms with Gasteiger partial charge in [-0.05, 0) is 37.1 Å². The lowest BCUT2D eigenvalue weighted by Gasteiger charge is -2.10. The van der Waals surface area contributed by atoms with Crippen LogP contribution in [0, 0.1) is 13.8 Å². The summed E-state index contributed by atoms with van der Waals surface area (Å²) in [5.41, 5.74) is 3.64. The zero-order valence-corrected chi connectivity index (χ0v) is 15.8. The average Bonchev–Trinajstić information content (AvgIpc) is 2.87. The van der Waals surface area contributed by atoms with Gasteiger partial charge in [-0.25, -0.2) is 4.99 Å². The molecule has 6 heteroatoms. The molecule has 0 saturated carbocycles. The molecule has 1 aliphatic heterocycles. The third kappa shape index (κ3) is 3.96. The SMILES string of the molecule is Cc1ccccc1N=C1S[C@@H](CC(=O)Nc2ccccc2C)C(=O)N1C. The maximum atomic E-state index is 12.5. The molecule has 0 bridgehead atoms. The number of rotatable bonds is 4. The van der Waals surface area contributed by atoms with Crippen LogP contribution in [0.4, 0.5) is 11.4 Å². The molecule has 134 valence electrons. The monoisotopic (exact) mass is 367 g/mol. The first-order valence-electron chi connectivity index (χ1n) is 8.39. The number of aryl methyl sites for hydroxylation is 2. The molecule has 0 aromatic heterocycles. The van der Waals surface area contributed by atoms with E-state index in [1.165, 1.54) is 16.7 Å². The van der Waals surface area contributed by atoms with E-state index in [4.69, 9.17) is 0 Å². The Morgan fingerprint density at radius 3 is 2.46 bits per heavy atom. The van der Waals surface area contributed by atoms with Gasteiger partial charge in [0.25, 0.3) is 0 Å². The molecule has 0 spiro atoms. The van der Waals surface area contributed by atoms with Crippen molar-refractivity contribution in [2.24, 2.45) is 4.99 Å². The molecule has 5 nitrogen and oxygen atoms in total. The lowest BCUT2D eigenvalue weighted by molar-refractivity contribution is -0.127. The zero-order valence-electron chi connectivity index (χ0n) is 15.0. The number of anilines is 1. The molecule has 1 saturated heterocycles. The van der Waals surface area contributed by atoms with E-state index in [1.54, 1.807) is 7.05 Å². The number of amidine groups is 1. The Balaban J connectivity index is 1.70. The molecule has 1 N–H and O–H groups in total. The van der Waals surface area contributed by atoms with Crippen LogP contribution in [-0.4, -0.2) is 34.2 Å². The van der Waals surface area contributed by atoms with Gasteiger partial charge in [0, 0.05) is 19.2 Å². The van der Waals surface area contributed by atoms with Gasteiger partial charge >= 0.3 is 0 Å². The number of hydrogen-bond donors (Lipinski definition) is 1. The van der Waals surface area contributed by atoms with Crippen molar-refractivity contribution in [3.05, 3.63) is 59.7 Å². The smallest absolute Gasteiger partial charge is 0.242 e. The van der Waals surface area contributed by atoms with Gasteiger partial charge < -0.3 is 5.32 Å². The molecule has 26 heavy (non-hydrogen) atoms.